The zero-order chi connectivity index (χ0) is 22.5. The zero-order valence-electron chi connectivity index (χ0n) is 17.6. The van der Waals surface area contributed by atoms with Crippen molar-refractivity contribution in [3.05, 3.63) is 101 Å². The lowest BCUT2D eigenvalue weighted by Gasteiger charge is -2.05. The molecule has 0 spiro atoms. The molecule has 1 amide bonds. The van der Waals surface area contributed by atoms with E-state index in [-0.39, 0.29) is 5.56 Å². The Bertz CT molecular complexity index is 1310. The number of hydrazone groups is 1. The topological polar surface area (TPSA) is 101 Å². The third-order valence-corrected chi connectivity index (χ3v) is 4.91. The summed E-state index contributed by atoms with van der Waals surface area (Å²) in [5, 5.41) is 7.38. The van der Waals surface area contributed by atoms with Crippen LogP contribution in [0.5, 0.6) is 5.75 Å². The van der Waals surface area contributed by atoms with Crippen LogP contribution in [0.2, 0.25) is 0 Å². The largest absolute Gasteiger partial charge is 0.497 e. The molecule has 160 valence electrons. The summed E-state index contributed by atoms with van der Waals surface area (Å²) < 4.78 is 6.69. The van der Waals surface area contributed by atoms with Gasteiger partial charge in [-0.2, -0.15) is 5.10 Å². The summed E-state index contributed by atoms with van der Waals surface area (Å²) in [6.45, 7) is 1.68. The van der Waals surface area contributed by atoms with E-state index in [9.17, 15) is 9.59 Å². The average Bonchev–Trinajstić information content (AvgIpc) is 3.20. The summed E-state index contributed by atoms with van der Waals surface area (Å²) in [5.74, 6) is 0.312. The lowest BCUT2D eigenvalue weighted by molar-refractivity contribution is 0.0954. The van der Waals surface area contributed by atoms with Gasteiger partial charge in [-0.05, 0) is 55.5 Å². The normalized spacial score (nSPS) is 11.2. The molecule has 2 N–H and O–H groups in total. The number of nitrogens with zero attached hydrogens (tertiary/aromatic N) is 3. The molecule has 0 aliphatic carbocycles. The van der Waals surface area contributed by atoms with E-state index < -0.39 is 5.91 Å². The Labute approximate surface area is 184 Å². The molecule has 8 heteroatoms. The van der Waals surface area contributed by atoms with Gasteiger partial charge in [0.1, 0.15) is 5.75 Å². The molecule has 0 radical (unpaired) electrons. The van der Waals surface area contributed by atoms with Crippen molar-refractivity contribution in [3.63, 3.8) is 0 Å². The van der Waals surface area contributed by atoms with Crippen LogP contribution in [-0.2, 0) is 0 Å². The number of nitrogens with one attached hydrogen (secondary N) is 2. The monoisotopic (exact) mass is 427 g/mol. The highest BCUT2D eigenvalue weighted by Crippen LogP contribution is 2.24. The molecule has 2 heterocycles. The first-order valence-electron chi connectivity index (χ1n) is 9.88. The van der Waals surface area contributed by atoms with Crippen LogP contribution in [0.4, 0.5) is 0 Å². The number of hydrogen-bond donors (Lipinski definition) is 2. The van der Waals surface area contributed by atoms with Crippen LogP contribution in [-0.4, -0.2) is 33.5 Å². The number of carbonyl (C=O) groups excluding carboxylic acids is 1. The molecule has 0 aliphatic rings. The van der Waals surface area contributed by atoms with Crippen molar-refractivity contribution in [1.82, 2.24) is 20.2 Å². The molecule has 0 aliphatic heterocycles. The van der Waals surface area contributed by atoms with Crippen molar-refractivity contribution < 1.29 is 9.53 Å². The molecule has 0 saturated carbocycles. The number of rotatable bonds is 6. The fraction of sp³-hybridized carbons (Fsp3) is 0.0833. The van der Waals surface area contributed by atoms with Gasteiger partial charge in [-0.1, -0.05) is 18.2 Å². The molecule has 0 atom stereocenters. The van der Waals surface area contributed by atoms with Crippen LogP contribution >= 0.6 is 0 Å². The summed E-state index contributed by atoms with van der Waals surface area (Å²) in [7, 11) is 1.59. The SMILES string of the molecule is COc1ccc(-c2[nH]n(-c3ccccc3)c(=O)c2/C(C)=N/NC(=O)c2ccncc2)cc1. The Morgan fingerprint density at radius 2 is 1.72 bits per heavy atom. The van der Waals surface area contributed by atoms with Gasteiger partial charge in [-0.25, -0.2) is 10.1 Å². The van der Waals surface area contributed by atoms with Crippen LogP contribution in [0.25, 0.3) is 16.9 Å². The van der Waals surface area contributed by atoms with Crippen molar-refractivity contribution in [2.24, 2.45) is 5.10 Å². The summed E-state index contributed by atoms with van der Waals surface area (Å²) >= 11 is 0. The second-order valence-corrected chi connectivity index (χ2v) is 6.94. The highest BCUT2D eigenvalue weighted by molar-refractivity contribution is 6.04. The molecule has 0 fully saturated rings. The summed E-state index contributed by atoms with van der Waals surface area (Å²) in [6.07, 6.45) is 3.05. The number of aromatic amines is 1. The minimum Gasteiger partial charge on any atom is -0.497 e. The number of carbonyl (C=O) groups is 1. The molecule has 2 aromatic heterocycles. The smallest absolute Gasteiger partial charge is 0.281 e. The third-order valence-electron chi connectivity index (χ3n) is 4.91. The van der Waals surface area contributed by atoms with E-state index in [1.165, 1.54) is 17.1 Å². The number of methoxy groups -OCH3 is 1. The van der Waals surface area contributed by atoms with E-state index in [4.69, 9.17) is 4.74 Å². The van der Waals surface area contributed by atoms with E-state index >= 15 is 0 Å². The maximum atomic E-state index is 13.3. The van der Waals surface area contributed by atoms with E-state index in [1.807, 2.05) is 54.6 Å². The maximum Gasteiger partial charge on any atom is 0.281 e. The fourth-order valence-electron chi connectivity index (χ4n) is 3.26. The Hall–Kier alpha value is -4.46. The van der Waals surface area contributed by atoms with Crippen molar-refractivity contribution >= 4 is 11.6 Å². The molecule has 32 heavy (non-hydrogen) atoms. The number of H-pyrrole nitrogens is 1. The van der Waals surface area contributed by atoms with Crippen LogP contribution in [0, 0.1) is 0 Å². The summed E-state index contributed by atoms with van der Waals surface area (Å²) in [6, 6.07) is 19.7. The lowest BCUT2D eigenvalue weighted by atomic mass is 10.1. The van der Waals surface area contributed by atoms with Gasteiger partial charge in [0.25, 0.3) is 11.5 Å². The first kappa shape index (κ1) is 20.8. The van der Waals surface area contributed by atoms with E-state index in [0.717, 1.165) is 5.56 Å². The Kier molecular flexibility index (Phi) is 5.94. The number of ether oxygens (including phenoxy) is 1. The third kappa shape index (κ3) is 4.20. The van der Waals surface area contributed by atoms with Crippen molar-refractivity contribution in [2.75, 3.05) is 7.11 Å². The van der Waals surface area contributed by atoms with Gasteiger partial charge in [0.15, 0.2) is 0 Å². The van der Waals surface area contributed by atoms with Gasteiger partial charge < -0.3 is 4.74 Å². The number of amides is 1. The number of pyridine rings is 1. The molecule has 0 unspecified atom stereocenters. The Balaban J connectivity index is 1.77. The van der Waals surface area contributed by atoms with Gasteiger partial charge in [0.2, 0.25) is 0 Å². The van der Waals surface area contributed by atoms with E-state index in [2.05, 4.69) is 20.6 Å². The molecule has 2 aromatic carbocycles. The van der Waals surface area contributed by atoms with Gasteiger partial charge in [0, 0.05) is 23.5 Å². The number of para-hydroxylation sites is 1. The zero-order valence-corrected chi connectivity index (χ0v) is 17.6. The van der Waals surface area contributed by atoms with Gasteiger partial charge >= 0.3 is 0 Å². The summed E-state index contributed by atoms with van der Waals surface area (Å²) in [5.41, 5.74) is 5.43. The minimum atomic E-state index is -0.392. The first-order valence-corrected chi connectivity index (χ1v) is 9.88. The van der Waals surface area contributed by atoms with Crippen molar-refractivity contribution in [2.45, 2.75) is 6.92 Å². The number of aromatic nitrogens is 3. The molecule has 0 saturated heterocycles. The highest BCUT2D eigenvalue weighted by atomic mass is 16.5. The minimum absolute atomic E-state index is 0.276. The van der Waals surface area contributed by atoms with Crippen molar-refractivity contribution in [3.8, 4) is 22.7 Å². The quantitative estimate of drug-likeness (QED) is 0.364. The number of benzene rings is 2. The van der Waals surface area contributed by atoms with E-state index in [0.29, 0.717) is 34.0 Å². The van der Waals surface area contributed by atoms with Crippen LogP contribution in [0.15, 0.2) is 89.0 Å². The maximum absolute atomic E-state index is 13.3. The van der Waals surface area contributed by atoms with Gasteiger partial charge in [-0.15, -0.1) is 0 Å². The molecular formula is C24H21N5O3. The standard InChI is InChI=1S/C24H21N5O3/c1-16(26-27-23(30)18-12-14-25-15-13-18)21-22(17-8-10-20(32-2)11-9-17)28-29(24(21)31)19-6-4-3-5-7-19/h3-15,28H,1-2H3,(H,27,30)/b26-16+. The molecular weight excluding hydrogens is 406 g/mol. The highest BCUT2D eigenvalue weighted by Gasteiger charge is 2.20. The van der Waals surface area contributed by atoms with Crippen LogP contribution in [0.3, 0.4) is 0 Å². The lowest BCUT2D eigenvalue weighted by Crippen LogP contribution is -2.23. The Morgan fingerprint density at radius 1 is 1.03 bits per heavy atom. The Morgan fingerprint density at radius 3 is 2.38 bits per heavy atom. The first-order chi connectivity index (χ1) is 15.6. The van der Waals surface area contributed by atoms with Crippen LogP contribution in [0.1, 0.15) is 22.8 Å². The van der Waals surface area contributed by atoms with Crippen molar-refractivity contribution in [1.29, 1.82) is 0 Å². The number of hydrogen-bond acceptors (Lipinski definition) is 5. The molecule has 4 aromatic rings. The van der Waals surface area contributed by atoms with Crippen LogP contribution < -0.4 is 15.7 Å². The fourth-order valence-corrected chi connectivity index (χ4v) is 3.26. The van der Waals surface area contributed by atoms with E-state index in [1.54, 1.807) is 26.2 Å². The van der Waals surface area contributed by atoms with Gasteiger partial charge in [0.05, 0.1) is 29.8 Å². The predicted molar refractivity (Wildman–Crippen MR) is 122 cm³/mol. The van der Waals surface area contributed by atoms with Gasteiger partial charge in [-0.3, -0.25) is 19.7 Å². The second kappa shape index (κ2) is 9.13. The molecule has 0 bridgehead atoms. The predicted octanol–water partition coefficient (Wildman–Crippen LogP) is 3.39. The second-order valence-electron chi connectivity index (χ2n) is 6.94. The average molecular weight is 427 g/mol. The molecule has 4 rings (SSSR count). The molecule has 8 nitrogen and oxygen atoms in total. The summed E-state index contributed by atoms with van der Waals surface area (Å²) in [4.78, 5) is 29.6.